The van der Waals surface area contributed by atoms with Crippen molar-refractivity contribution in [3.05, 3.63) is 71.3 Å². The highest BCUT2D eigenvalue weighted by Crippen LogP contribution is 2.14. The molecule has 1 saturated heterocycles. The lowest BCUT2D eigenvalue weighted by molar-refractivity contribution is 0.0773. The Morgan fingerprint density at radius 1 is 1.00 bits per heavy atom. The first-order valence-electron chi connectivity index (χ1n) is 11.7. The van der Waals surface area contributed by atoms with Gasteiger partial charge in [0.05, 0.1) is 0 Å². The number of nitrogens with zero attached hydrogens (tertiary/aromatic N) is 3. The SMILES string of the molecule is CCN(CC)C(=O)c1ccc(CNC(=NC)NC2CCN(Cc3ccccc3)CC2)cc1. The maximum Gasteiger partial charge on any atom is 0.253 e. The predicted octanol–water partition coefficient (Wildman–Crippen LogP) is 3.50. The molecule has 1 fully saturated rings. The summed E-state index contributed by atoms with van der Waals surface area (Å²) in [5, 5.41) is 6.98. The van der Waals surface area contributed by atoms with Crippen LogP contribution in [-0.2, 0) is 13.1 Å². The van der Waals surface area contributed by atoms with Crippen LogP contribution in [0.4, 0.5) is 0 Å². The minimum Gasteiger partial charge on any atom is -0.354 e. The number of hydrogen-bond acceptors (Lipinski definition) is 3. The Morgan fingerprint density at radius 2 is 1.66 bits per heavy atom. The van der Waals surface area contributed by atoms with E-state index in [1.54, 1.807) is 0 Å². The number of rotatable bonds is 8. The molecule has 3 rings (SSSR count). The minimum absolute atomic E-state index is 0.0885. The van der Waals surface area contributed by atoms with Crippen molar-refractivity contribution < 1.29 is 4.79 Å². The van der Waals surface area contributed by atoms with Crippen LogP contribution < -0.4 is 10.6 Å². The Labute approximate surface area is 192 Å². The van der Waals surface area contributed by atoms with Crippen molar-refractivity contribution in [2.45, 2.75) is 45.8 Å². The molecule has 0 aromatic heterocycles. The van der Waals surface area contributed by atoms with Crippen molar-refractivity contribution in [2.75, 3.05) is 33.2 Å². The summed E-state index contributed by atoms with van der Waals surface area (Å²) in [5.41, 5.74) is 3.24. The lowest BCUT2D eigenvalue weighted by atomic mass is 10.0. The average molecular weight is 436 g/mol. The Morgan fingerprint density at radius 3 is 2.25 bits per heavy atom. The van der Waals surface area contributed by atoms with E-state index in [2.05, 4.69) is 50.9 Å². The molecule has 0 radical (unpaired) electrons. The molecule has 1 heterocycles. The number of aliphatic imine (C=N–C) groups is 1. The molecule has 32 heavy (non-hydrogen) atoms. The van der Waals surface area contributed by atoms with E-state index in [0.29, 0.717) is 12.6 Å². The standard InChI is InChI=1S/C26H37N5O/c1-4-31(5-2)25(32)23-13-11-21(12-14-23)19-28-26(27-3)29-24-15-17-30(18-16-24)20-22-9-7-6-8-10-22/h6-14,24H,4-5,15-20H2,1-3H3,(H2,27,28,29). The summed E-state index contributed by atoms with van der Waals surface area (Å²) in [6.45, 7) is 9.34. The van der Waals surface area contributed by atoms with Crippen LogP contribution in [0.3, 0.4) is 0 Å². The van der Waals surface area contributed by atoms with Gasteiger partial charge in [-0.05, 0) is 49.9 Å². The summed E-state index contributed by atoms with van der Waals surface area (Å²) < 4.78 is 0. The maximum absolute atomic E-state index is 12.5. The number of carbonyl (C=O) groups excluding carboxylic acids is 1. The van der Waals surface area contributed by atoms with Gasteiger partial charge >= 0.3 is 0 Å². The maximum atomic E-state index is 12.5. The topological polar surface area (TPSA) is 60.0 Å². The Kier molecular flexibility index (Phi) is 9.11. The van der Waals surface area contributed by atoms with Crippen molar-refractivity contribution in [1.29, 1.82) is 0 Å². The van der Waals surface area contributed by atoms with Crippen LogP contribution in [0.25, 0.3) is 0 Å². The van der Waals surface area contributed by atoms with Crippen LogP contribution in [0.5, 0.6) is 0 Å². The quantitative estimate of drug-likeness (QED) is 0.492. The molecular weight excluding hydrogens is 398 g/mol. The highest BCUT2D eigenvalue weighted by Gasteiger charge is 2.20. The number of guanidine groups is 1. The third-order valence-corrected chi connectivity index (χ3v) is 6.11. The number of benzene rings is 2. The van der Waals surface area contributed by atoms with Gasteiger partial charge in [-0.1, -0.05) is 42.5 Å². The van der Waals surface area contributed by atoms with Gasteiger partial charge in [0.2, 0.25) is 0 Å². The second kappa shape index (κ2) is 12.2. The summed E-state index contributed by atoms with van der Waals surface area (Å²) in [7, 11) is 1.81. The zero-order valence-corrected chi connectivity index (χ0v) is 19.7. The van der Waals surface area contributed by atoms with Gasteiger partial charge in [0.1, 0.15) is 0 Å². The van der Waals surface area contributed by atoms with Crippen LogP contribution in [0, 0.1) is 0 Å². The largest absolute Gasteiger partial charge is 0.354 e. The fraction of sp³-hybridized carbons (Fsp3) is 0.462. The first-order chi connectivity index (χ1) is 15.6. The van der Waals surface area contributed by atoms with Gasteiger partial charge < -0.3 is 15.5 Å². The zero-order chi connectivity index (χ0) is 22.8. The molecule has 2 aromatic carbocycles. The second-order valence-corrected chi connectivity index (χ2v) is 8.28. The van der Waals surface area contributed by atoms with E-state index in [-0.39, 0.29) is 5.91 Å². The van der Waals surface area contributed by atoms with Crippen LogP contribution >= 0.6 is 0 Å². The molecule has 1 aliphatic rings. The first kappa shape index (κ1) is 23.8. The van der Waals surface area contributed by atoms with Gasteiger partial charge in [-0.15, -0.1) is 0 Å². The molecule has 1 amide bonds. The van der Waals surface area contributed by atoms with Crippen molar-refractivity contribution >= 4 is 11.9 Å². The number of carbonyl (C=O) groups is 1. The summed E-state index contributed by atoms with van der Waals surface area (Å²) in [6.07, 6.45) is 2.21. The molecule has 0 atom stereocenters. The molecule has 0 saturated carbocycles. The fourth-order valence-corrected chi connectivity index (χ4v) is 4.11. The molecule has 0 bridgehead atoms. The van der Waals surface area contributed by atoms with E-state index >= 15 is 0 Å². The monoisotopic (exact) mass is 435 g/mol. The van der Waals surface area contributed by atoms with Crippen LogP contribution in [0.2, 0.25) is 0 Å². The van der Waals surface area contributed by atoms with E-state index < -0.39 is 0 Å². The molecular formula is C26H37N5O. The van der Waals surface area contributed by atoms with Crippen LogP contribution in [0.1, 0.15) is 48.2 Å². The fourth-order valence-electron chi connectivity index (χ4n) is 4.11. The van der Waals surface area contributed by atoms with E-state index in [0.717, 1.165) is 62.7 Å². The molecule has 2 aromatic rings. The Balaban J connectivity index is 1.43. The van der Waals surface area contributed by atoms with E-state index in [1.165, 1.54) is 5.56 Å². The highest BCUT2D eigenvalue weighted by atomic mass is 16.2. The number of amides is 1. The van der Waals surface area contributed by atoms with Crippen molar-refractivity contribution in [3.63, 3.8) is 0 Å². The first-order valence-corrected chi connectivity index (χ1v) is 11.7. The summed E-state index contributed by atoms with van der Waals surface area (Å²) in [4.78, 5) is 21.2. The third kappa shape index (κ3) is 6.82. The van der Waals surface area contributed by atoms with Gasteiger partial charge in [0.25, 0.3) is 5.91 Å². The normalized spacial score (nSPS) is 15.4. The lowest BCUT2D eigenvalue weighted by Crippen LogP contribution is -2.48. The number of piperidine rings is 1. The van der Waals surface area contributed by atoms with Crippen molar-refractivity contribution in [3.8, 4) is 0 Å². The van der Waals surface area contributed by atoms with Crippen LogP contribution in [0.15, 0.2) is 59.6 Å². The molecule has 0 aliphatic carbocycles. The highest BCUT2D eigenvalue weighted by molar-refractivity contribution is 5.94. The van der Waals surface area contributed by atoms with E-state index in [4.69, 9.17) is 0 Å². The Bertz CT molecular complexity index is 854. The Hall–Kier alpha value is -2.86. The molecule has 0 unspecified atom stereocenters. The van der Waals surface area contributed by atoms with E-state index in [9.17, 15) is 4.79 Å². The molecule has 1 aliphatic heterocycles. The van der Waals surface area contributed by atoms with Crippen molar-refractivity contribution in [2.24, 2.45) is 4.99 Å². The molecule has 6 nitrogen and oxygen atoms in total. The van der Waals surface area contributed by atoms with Gasteiger partial charge in [0, 0.05) is 57.9 Å². The summed E-state index contributed by atoms with van der Waals surface area (Å²) in [5.74, 6) is 0.917. The smallest absolute Gasteiger partial charge is 0.253 e. The summed E-state index contributed by atoms with van der Waals surface area (Å²) >= 11 is 0. The third-order valence-electron chi connectivity index (χ3n) is 6.11. The summed E-state index contributed by atoms with van der Waals surface area (Å²) in [6, 6.07) is 19.0. The van der Waals surface area contributed by atoms with E-state index in [1.807, 2.05) is 50.1 Å². The van der Waals surface area contributed by atoms with Crippen LogP contribution in [-0.4, -0.2) is 60.9 Å². The van der Waals surface area contributed by atoms with Crippen molar-refractivity contribution in [1.82, 2.24) is 20.4 Å². The van der Waals surface area contributed by atoms with Gasteiger partial charge in [-0.3, -0.25) is 14.7 Å². The minimum atomic E-state index is 0.0885. The molecule has 2 N–H and O–H groups in total. The predicted molar refractivity (Wildman–Crippen MR) is 132 cm³/mol. The van der Waals surface area contributed by atoms with Gasteiger partial charge in [0.15, 0.2) is 5.96 Å². The lowest BCUT2D eigenvalue weighted by Gasteiger charge is -2.33. The number of hydrogen-bond donors (Lipinski definition) is 2. The molecule has 172 valence electrons. The second-order valence-electron chi connectivity index (χ2n) is 8.28. The molecule has 0 spiro atoms. The zero-order valence-electron chi connectivity index (χ0n) is 19.7. The van der Waals surface area contributed by atoms with Gasteiger partial charge in [-0.25, -0.2) is 0 Å². The number of likely N-dealkylation sites (tertiary alicyclic amines) is 1. The number of nitrogens with one attached hydrogen (secondary N) is 2. The molecule has 6 heteroatoms. The average Bonchev–Trinajstić information content (AvgIpc) is 2.84. The van der Waals surface area contributed by atoms with Gasteiger partial charge in [-0.2, -0.15) is 0 Å².